The number of fused-ring (bicyclic) bond motifs is 8. The topological polar surface area (TPSA) is 36.9 Å². The monoisotopic (exact) mass is 2130 g/mol. The van der Waals surface area contributed by atoms with Gasteiger partial charge in [-0.1, -0.05) is 338 Å². The summed E-state index contributed by atoms with van der Waals surface area (Å²) in [5.41, 5.74) is 10.3. The maximum Gasteiger partial charge on any atom is 0.496 e. The molecular weight excluding hydrogens is 2060 g/mol. The van der Waals surface area contributed by atoms with Crippen LogP contribution < -0.4 is 10.9 Å². The molecule has 2 fully saturated rings. The molecule has 2 saturated heterocycles. The van der Waals surface area contributed by atoms with Crippen molar-refractivity contribution in [2.45, 2.75) is 77.8 Å². The van der Waals surface area contributed by atoms with Crippen LogP contribution in [0, 0.1) is 0 Å². The minimum Gasteiger partial charge on any atom is -0.399 e. The first-order valence-electron chi connectivity index (χ1n) is 37.3. The Morgan fingerprint density at radius 2 is 0.351 bits per heavy atom. The number of hydrogen-bond acceptors (Lipinski definition) is 4. The van der Waals surface area contributed by atoms with E-state index in [2.05, 4.69) is 506 Å². The Bertz CT molecular complexity index is 5840. The Hall–Kier alpha value is -6.41. The standard InChI is InChI=1S/C28H16Br2.C26H32B2O4.C18H12Br2.C14H8Br2.C12H6Br4/c29-27-21-13-5-1-9-17(21)25(18-10-2-6-14-22(18)27)26-19-11-3-7-15-23(19)28(30)24-16-8-4-12-20(24)26;1-23(2)24(3,4)30-27(29-23)21-17-13-9-11-15-19(17)22(20-16-12-10-14-18(20)21)28-31-25(5,6)26(7,8)32-28;19-17-9-5-15(6-10-17)13-1-2-14(4-3-13)16-7-11-18(20)12-8-16;15-13-9-5-1-2-6-10(9)14(16)12-8-4-3-7-11(12)13;13-9-1-7(2-10(14)5-9)8-3-11(15)6-12(16)4-8/h1-16H;9-16H,1-8H3;1-12H;1-8H;1-6H. The van der Waals surface area contributed by atoms with Crippen molar-refractivity contribution in [2.75, 3.05) is 0 Å². The second-order valence-corrected chi connectivity index (χ2v) is 38.9. The van der Waals surface area contributed by atoms with E-state index in [0.717, 1.165) is 68.3 Å². The van der Waals surface area contributed by atoms with Gasteiger partial charge in [-0.3, -0.25) is 0 Å². The lowest BCUT2D eigenvalue weighted by molar-refractivity contribution is 0.00578. The van der Waals surface area contributed by atoms with Crippen molar-refractivity contribution >= 4 is 271 Å². The van der Waals surface area contributed by atoms with E-state index in [0.29, 0.717) is 0 Å². The smallest absolute Gasteiger partial charge is 0.399 e. The molecule has 16 heteroatoms. The van der Waals surface area contributed by atoms with E-state index in [4.69, 9.17) is 18.6 Å². The van der Waals surface area contributed by atoms with E-state index in [-0.39, 0.29) is 0 Å². The highest BCUT2D eigenvalue weighted by molar-refractivity contribution is 9.12. The average molecular weight is 2140 g/mol. The minimum absolute atomic E-state index is 0.412. The van der Waals surface area contributed by atoms with Crippen LogP contribution in [0.3, 0.4) is 0 Å². The van der Waals surface area contributed by atoms with E-state index in [1.54, 1.807) is 0 Å². The molecule has 0 radical (unpaired) electrons. The number of rotatable bonds is 6. The lowest BCUT2D eigenvalue weighted by atomic mass is 9.66. The molecule has 0 aliphatic carbocycles. The highest BCUT2D eigenvalue weighted by atomic mass is 79.9. The first kappa shape index (κ1) is 82.7. The van der Waals surface area contributed by atoms with Gasteiger partial charge in [-0.25, -0.2) is 0 Å². The fourth-order valence-corrected chi connectivity index (χ4v) is 20.8. The SMILES string of the molecule is Brc1c2ccccc2c(-c2c3ccccc3c(Br)c3ccccc23)c2ccccc12.Brc1c2ccccc2c(Br)c2ccccc12.Brc1cc(Br)cc(-c2cc(Br)cc(Br)c2)c1.Brc1ccc(-c2ccc(-c3ccc(Br)cc3)cc2)cc1.CC1(C)OB(c2c3ccccc3c(B3OC(C)(C)C(C)(C)O3)c3ccccc23)OC1(C)C. The second-order valence-electron chi connectivity index (χ2n) is 30.3. The van der Waals surface area contributed by atoms with Crippen molar-refractivity contribution in [3.63, 3.8) is 0 Å². The van der Waals surface area contributed by atoms with Crippen molar-refractivity contribution in [1.82, 2.24) is 0 Å². The predicted octanol–water partition coefficient (Wildman–Crippen LogP) is 32.6. The number of hydrogen-bond donors (Lipinski definition) is 0. The molecule has 2 heterocycles. The van der Waals surface area contributed by atoms with Gasteiger partial charge in [0, 0.05) is 44.7 Å². The summed E-state index contributed by atoms with van der Waals surface area (Å²) in [6.45, 7) is 16.7. The minimum atomic E-state index is -0.456. The second kappa shape index (κ2) is 34.5. The fraction of sp³-hybridized carbons (Fsp3) is 0.122. The molecule has 4 nitrogen and oxygen atoms in total. The third-order valence-electron chi connectivity index (χ3n) is 22.1. The van der Waals surface area contributed by atoms with Gasteiger partial charge in [-0.15, -0.1) is 0 Å². The highest BCUT2D eigenvalue weighted by Gasteiger charge is 2.55. The summed E-state index contributed by atoms with van der Waals surface area (Å²) in [6, 6.07) is 106. The summed E-state index contributed by atoms with van der Waals surface area (Å²) in [4.78, 5) is 0. The number of halogens is 10. The Kier molecular flexibility index (Phi) is 25.0. The zero-order valence-electron chi connectivity index (χ0n) is 63.4. The van der Waals surface area contributed by atoms with Crippen LogP contribution in [0.5, 0.6) is 0 Å². The quantitative estimate of drug-likeness (QED) is 0.123. The van der Waals surface area contributed by atoms with Crippen LogP contribution in [0.25, 0.3) is 131 Å². The molecule has 0 amide bonds. The Balaban J connectivity index is 0.000000116. The third kappa shape index (κ3) is 16.9. The molecule has 0 N–H and O–H groups in total. The van der Waals surface area contributed by atoms with Gasteiger partial charge in [0.25, 0.3) is 0 Å². The summed E-state index contributed by atoms with van der Waals surface area (Å²) in [5.74, 6) is 0. The van der Waals surface area contributed by atoms with Gasteiger partial charge in [-0.05, 0) is 321 Å². The lowest BCUT2D eigenvalue weighted by Gasteiger charge is -2.32. The van der Waals surface area contributed by atoms with E-state index >= 15 is 0 Å². The molecule has 0 atom stereocenters. The van der Waals surface area contributed by atoms with Crippen LogP contribution in [0.2, 0.25) is 0 Å². The molecular formula is C98H74B2Br10O4. The molecule has 19 rings (SSSR count). The summed E-state index contributed by atoms with van der Waals surface area (Å²) in [5, 5.41) is 19.4. The molecule has 0 aromatic heterocycles. The van der Waals surface area contributed by atoms with E-state index in [1.165, 1.54) is 118 Å². The van der Waals surface area contributed by atoms with Crippen LogP contribution in [0.15, 0.2) is 348 Å². The Labute approximate surface area is 751 Å². The van der Waals surface area contributed by atoms with Crippen LogP contribution in [0.4, 0.5) is 0 Å². The highest BCUT2D eigenvalue weighted by Crippen LogP contribution is 2.50. The van der Waals surface area contributed by atoms with Crippen molar-refractivity contribution in [2.24, 2.45) is 0 Å². The van der Waals surface area contributed by atoms with Crippen LogP contribution in [0.1, 0.15) is 55.4 Å². The fourth-order valence-electron chi connectivity index (χ4n) is 14.9. The number of benzene rings is 17. The summed E-state index contributed by atoms with van der Waals surface area (Å²) in [6.07, 6.45) is 0. The zero-order chi connectivity index (χ0) is 80.1. The van der Waals surface area contributed by atoms with Gasteiger partial charge in [0.1, 0.15) is 0 Å². The molecule has 2 aliphatic rings. The van der Waals surface area contributed by atoms with Gasteiger partial charge in [0.05, 0.1) is 22.4 Å². The molecule has 2 aliphatic heterocycles. The van der Waals surface area contributed by atoms with E-state index in [9.17, 15) is 0 Å². The average Bonchev–Trinajstić information content (AvgIpc) is 1.16. The van der Waals surface area contributed by atoms with E-state index in [1.807, 2.05) is 12.1 Å². The summed E-state index contributed by atoms with van der Waals surface area (Å²) >= 11 is 36.1. The molecule has 566 valence electrons. The van der Waals surface area contributed by atoms with Gasteiger partial charge >= 0.3 is 14.2 Å². The first-order chi connectivity index (χ1) is 54.7. The first-order valence-corrected chi connectivity index (χ1v) is 45.2. The van der Waals surface area contributed by atoms with Gasteiger partial charge in [-0.2, -0.15) is 0 Å². The zero-order valence-corrected chi connectivity index (χ0v) is 79.3. The van der Waals surface area contributed by atoms with Crippen LogP contribution in [-0.4, -0.2) is 36.6 Å². The molecule has 0 unspecified atom stereocenters. The maximum absolute atomic E-state index is 6.51. The third-order valence-corrected chi connectivity index (χ3v) is 28.4. The molecule has 0 spiro atoms. The van der Waals surface area contributed by atoms with Crippen molar-refractivity contribution in [3.8, 4) is 44.5 Å². The summed E-state index contributed by atoms with van der Waals surface area (Å²) < 4.78 is 37.2. The molecule has 17 aromatic carbocycles. The Morgan fingerprint density at radius 1 is 0.184 bits per heavy atom. The molecule has 0 bridgehead atoms. The predicted molar refractivity (Wildman–Crippen MR) is 522 cm³/mol. The van der Waals surface area contributed by atoms with Crippen molar-refractivity contribution in [1.29, 1.82) is 0 Å². The van der Waals surface area contributed by atoms with Gasteiger partial charge < -0.3 is 18.6 Å². The summed E-state index contributed by atoms with van der Waals surface area (Å²) in [7, 11) is -0.913. The van der Waals surface area contributed by atoms with Crippen LogP contribution >= 0.6 is 159 Å². The normalized spacial score (nSPS) is 14.5. The Morgan fingerprint density at radius 3 is 0.553 bits per heavy atom. The van der Waals surface area contributed by atoms with Crippen molar-refractivity contribution < 1.29 is 18.6 Å². The van der Waals surface area contributed by atoms with E-state index < -0.39 is 36.6 Å². The maximum atomic E-state index is 6.51. The van der Waals surface area contributed by atoms with Gasteiger partial charge in [0.2, 0.25) is 0 Å². The van der Waals surface area contributed by atoms with Crippen molar-refractivity contribution in [3.05, 3.63) is 348 Å². The largest absolute Gasteiger partial charge is 0.496 e. The van der Waals surface area contributed by atoms with Gasteiger partial charge in [0.15, 0.2) is 0 Å². The molecule has 17 aromatic rings. The molecule has 114 heavy (non-hydrogen) atoms. The van der Waals surface area contributed by atoms with Crippen LogP contribution in [-0.2, 0) is 18.6 Å². The lowest BCUT2D eigenvalue weighted by Crippen LogP contribution is -2.41. The molecule has 0 saturated carbocycles.